The number of fused-ring (bicyclic) bond motifs is 4. The average molecular weight is 1340 g/mol. The first-order valence-corrected chi connectivity index (χ1v) is 33.5. The number of ether oxygens (including phenoxy) is 1. The summed E-state index contributed by atoms with van der Waals surface area (Å²) in [5.74, 6) is -0.376. The predicted octanol–water partition coefficient (Wildman–Crippen LogP) is 16.1. The SMILES string of the molecule is [2H]c1c([2H])c([2H])c(-c2cc([Si](c3c([2H])c([2H])c([2H])c([2H])c3[2H])(c3c([2H])c([2H])c([2H])c([2H])c3[2H])c3c([2H])c([2H])c([2H])c([2H])c3[2H])c(-[n+]3[c-]n(-c4cccc(Oc5ccc6c7ccccc7n(-c7cc(C([2H])([2H])[2H])c(-c8c([2H])c([2H])c([2H])c([2H])c8[2H])cn7)c6c5)c4)c4cc(-c5c([2H])c([2H])c([2H])c([2H])c5[2H])ccc43)c([Si](c3c([2H])c([2H])c([2H])c([2H])c3[2H])(c3c([2H])c([2H])c([2H])c([2H])c3[2H])c3c([2H])c([2H])c([2H])c([2H])c3[2H])c2)c([2H])c1[2H]. The number of nitrogens with zero attached hydrogens (tertiary/aromatic N) is 4. The molecule has 5 nitrogen and oxygen atoms in total. The normalized spacial score (nSPS) is 18.7. The minimum absolute atomic E-state index is 0.0673. The molecule has 3 heterocycles. The number of hydrogen-bond donors (Lipinski definition) is 0. The molecule has 0 aliphatic rings. The molecule has 7 heteroatoms. The Morgan fingerprint density at radius 2 is 0.847 bits per heavy atom. The number of imidazole rings is 1. The van der Waals surface area contributed by atoms with E-state index in [2.05, 4.69) is 11.3 Å². The van der Waals surface area contributed by atoms with Crippen molar-refractivity contribution in [3.05, 3.63) is 393 Å². The van der Waals surface area contributed by atoms with E-state index in [0.717, 1.165) is 39.6 Å². The monoisotopic (exact) mass is 1330 g/mol. The third-order valence-corrected chi connectivity index (χ3v) is 24.8. The molecule has 0 atom stereocenters. The van der Waals surface area contributed by atoms with E-state index < -0.39 is 381 Å². The maximum Gasteiger partial charge on any atom is 0.269 e. The zero-order valence-electron chi connectivity index (χ0n) is 98.1. The largest absolute Gasteiger partial charge is 0.458 e. The molecule has 0 spiro atoms. The van der Waals surface area contributed by atoms with E-state index >= 15 is 0 Å². The highest BCUT2D eigenvalue weighted by atomic mass is 28.3. The van der Waals surface area contributed by atoms with Gasteiger partial charge in [0.2, 0.25) is 0 Å². The van der Waals surface area contributed by atoms with Crippen LogP contribution < -0.4 is 50.8 Å². The van der Waals surface area contributed by atoms with Crippen molar-refractivity contribution in [2.24, 2.45) is 0 Å². The Morgan fingerprint density at radius 1 is 0.388 bits per heavy atom. The summed E-state index contributed by atoms with van der Waals surface area (Å²) in [5, 5.41) is -10.3. The van der Waals surface area contributed by atoms with E-state index in [9.17, 15) is 49.3 Å². The van der Waals surface area contributed by atoms with E-state index in [0.29, 0.717) is 28.4 Å². The molecule has 0 fully saturated rings. The molecule has 17 aromatic rings. The van der Waals surface area contributed by atoms with Crippen molar-refractivity contribution in [1.29, 1.82) is 0 Å². The Balaban J connectivity index is 1.16. The summed E-state index contributed by atoms with van der Waals surface area (Å²) in [6.45, 7) is -3.07. The van der Waals surface area contributed by atoms with E-state index in [1.54, 1.807) is 30.3 Å². The van der Waals surface area contributed by atoms with Gasteiger partial charge in [-0.2, -0.15) is 0 Å². The van der Waals surface area contributed by atoms with Gasteiger partial charge in [-0.05, 0) is 130 Å². The van der Waals surface area contributed by atoms with Crippen LogP contribution in [0.1, 0.15) is 71.4 Å². The van der Waals surface area contributed by atoms with Gasteiger partial charge < -0.3 is 4.74 Å². The highest BCUT2D eigenvalue weighted by molar-refractivity contribution is 7.22. The number of aryl methyl sites for hydroxylation is 1. The summed E-state index contributed by atoms with van der Waals surface area (Å²) < 4.78 is 475. The van der Waals surface area contributed by atoms with E-state index in [1.165, 1.54) is 41.0 Å². The number of aromatic nitrogens is 4. The van der Waals surface area contributed by atoms with Crippen molar-refractivity contribution < 1.29 is 75.1 Å². The van der Waals surface area contributed by atoms with Crippen LogP contribution in [0.4, 0.5) is 0 Å². The maximum absolute atomic E-state index is 10.6. The first-order valence-electron chi connectivity index (χ1n) is 53.5. The lowest BCUT2D eigenvalue weighted by Crippen LogP contribution is -2.80. The Morgan fingerprint density at radius 3 is 1.36 bits per heavy atom. The second kappa shape index (κ2) is 25.5. The number of rotatable bonds is 16. The molecule has 0 unspecified atom stereocenters. The maximum atomic E-state index is 10.6. The van der Waals surface area contributed by atoms with Crippen molar-refractivity contribution in [1.82, 2.24) is 14.1 Å². The van der Waals surface area contributed by atoms with Gasteiger partial charge in [0.15, 0.2) is 16.1 Å². The zero-order chi connectivity index (χ0) is 107. The summed E-state index contributed by atoms with van der Waals surface area (Å²) in [7, 11) is -14.9. The third kappa shape index (κ3) is 10.3. The minimum Gasteiger partial charge on any atom is -0.458 e. The van der Waals surface area contributed by atoms with E-state index in [1.807, 2.05) is 0 Å². The van der Waals surface area contributed by atoms with Crippen LogP contribution >= 0.6 is 0 Å². The second-order valence-corrected chi connectivity index (χ2v) is 28.7. The number of benzene rings is 14. The summed E-state index contributed by atoms with van der Waals surface area (Å²) in [4.78, 5) is 4.68. The van der Waals surface area contributed by atoms with Crippen LogP contribution in [0.2, 0.25) is 0 Å². The van der Waals surface area contributed by atoms with Crippen LogP contribution in [-0.2, 0) is 0 Å². The number of pyridine rings is 1. The average Bonchev–Trinajstić information content (AvgIpc) is 0.915. The Kier molecular flexibility index (Phi) is 7.13. The van der Waals surface area contributed by atoms with Crippen molar-refractivity contribution in [3.8, 4) is 62.1 Å². The Bertz CT molecular complexity index is 7900. The molecule has 0 saturated carbocycles. The van der Waals surface area contributed by atoms with E-state index in [4.69, 9.17) is 21.2 Å². The van der Waals surface area contributed by atoms with Gasteiger partial charge in [0, 0.05) is 32.7 Å². The molecule has 3 aromatic heterocycles. The summed E-state index contributed by atoms with van der Waals surface area (Å²) in [6, 6.07) is -36.4. The van der Waals surface area contributed by atoms with Gasteiger partial charge in [0.1, 0.15) is 17.3 Å². The second-order valence-electron chi connectivity index (χ2n) is 21.6. The molecule has 0 radical (unpaired) electrons. The van der Waals surface area contributed by atoms with Crippen LogP contribution in [-0.4, -0.2) is 30.3 Å². The lowest BCUT2D eigenvalue weighted by molar-refractivity contribution is -0.570. The zero-order valence-corrected chi connectivity index (χ0v) is 52.1. The molecule has 0 amide bonds. The smallest absolute Gasteiger partial charge is 0.269 e. The number of para-hydroxylation sites is 1. The fourth-order valence-electron chi connectivity index (χ4n) is 12.4. The predicted molar refractivity (Wildman–Crippen MR) is 411 cm³/mol. The van der Waals surface area contributed by atoms with Gasteiger partial charge in [0.05, 0.1) is 95.1 Å². The highest BCUT2D eigenvalue weighted by Crippen LogP contribution is 2.37. The fraction of sp³-hybridized carbons (Fsp3) is 0.0110. The third-order valence-electron chi connectivity index (χ3n) is 16.5. The molecule has 0 saturated heterocycles. The molecule has 17 rings (SSSR count). The molecule has 14 aromatic carbocycles. The molecule has 0 aliphatic heterocycles. The van der Waals surface area contributed by atoms with Gasteiger partial charge in [-0.3, -0.25) is 13.7 Å². The van der Waals surface area contributed by atoms with Crippen molar-refractivity contribution >= 4 is 90.5 Å². The van der Waals surface area contributed by atoms with Crippen LogP contribution in [0.25, 0.3) is 83.4 Å². The first kappa shape index (κ1) is 27.5. The summed E-state index contributed by atoms with van der Waals surface area (Å²) in [6.07, 6.45) is 4.20. The lowest BCUT2D eigenvalue weighted by Gasteiger charge is -2.41. The van der Waals surface area contributed by atoms with Crippen molar-refractivity contribution in [2.45, 2.75) is 6.85 Å². The standard InChI is InChI=1S/C91H66N4OSi2/c1-66-58-90(92-64-83(66)69-36-15-4-16-37-69)95-84-53-30-29-52-81(84)82-56-55-74(63-86(82)95)96-73-39-31-38-72(62-73)93-65-94(85-57-54-70(59-87(85)93)67-32-11-2-12-33-67)91-88(97(75-40-17-5-18-41-75,76-42-19-6-20-43-76)77-44-21-7-22-45-77)60-71(68-34-13-3-14-35-68)61-89(91)98(78-46-23-8-24-47-78,79-48-25-9-26-49-79)80-50-27-10-28-51-80/h2-64H,1H3/i1D3,2D,3D,4D,5D,6D,7D,8D,9D,10D,11D,12D,13D,14D,15D,16D,17D,18D,19D,20D,21D,22D,23D,24D,25D,26D,27D,28D,32D,33D,34D,35D,36D,37D,40D,41D,42D,43D,44D,45D,46D,47D,48D,49D,50D,51D. The molecule has 98 heavy (non-hydrogen) atoms. The van der Waals surface area contributed by atoms with Gasteiger partial charge >= 0.3 is 0 Å². The number of hydrogen-bond acceptors (Lipinski definition) is 2. The van der Waals surface area contributed by atoms with E-state index in [-0.39, 0.29) is 39.6 Å². The van der Waals surface area contributed by atoms with Crippen molar-refractivity contribution in [3.63, 3.8) is 0 Å². The fourth-order valence-corrected chi connectivity index (χ4v) is 20.6. The van der Waals surface area contributed by atoms with Gasteiger partial charge in [-0.15, -0.1) is 0 Å². The Labute approximate surface area is 640 Å². The van der Waals surface area contributed by atoms with Crippen molar-refractivity contribution in [2.75, 3.05) is 0 Å². The molecule has 0 bridgehead atoms. The highest BCUT2D eigenvalue weighted by Gasteiger charge is 2.49. The molecule has 0 aliphatic carbocycles. The van der Waals surface area contributed by atoms with Crippen LogP contribution in [0.15, 0.2) is 381 Å². The summed E-state index contributed by atoms with van der Waals surface area (Å²) >= 11 is 0. The van der Waals surface area contributed by atoms with Gasteiger partial charge in [0.25, 0.3) is 6.33 Å². The topological polar surface area (TPSA) is 35.9 Å². The Hall–Kier alpha value is -12.3. The lowest BCUT2D eigenvalue weighted by atomic mass is 10.0. The molecule has 464 valence electrons. The minimum atomic E-state index is -7.44. The van der Waals surface area contributed by atoms with Crippen LogP contribution in [0, 0.1) is 13.2 Å². The summed E-state index contributed by atoms with van der Waals surface area (Å²) in [5.41, 5.74) is -6.58. The molecular formula is C91H66N4OSi2. The molecular weight excluding hydrogens is 1220 g/mol. The van der Waals surface area contributed by atoms with Crippen LogP contribution in [0.5, 0.6) is 11.5 Å². The van der Waals surface area contributed by atoms with Gasteiger partial charge in [-0.25, -0.2) is 4.98 Å². The first-order chi connectivity index (χ1) is 68.4. The van der Waals surface area contributed by atoms with Crippen LogP contribution in [0.3, 0.4) is 0 Å². The van der Waals surface area contributed by atoms with Gasteiger partial charge in [-0.1, -0.05) is 320 Å². The molecule has 0 N–H and O–H groups in total. The quantitative estimate of drug-likeness (QED) is 0.0418.